The zero-order valence-corrected chi connectivity index (χ0v) is 9.38. The number of nitrogens with zero attached hydrogens (tertiary/aromatic N) is 2. The van der Waals surface area contributed by atoms with Crippen LogP contribution in [0.25, 0.3) is 0 Å². The Bertz CT molecular complexity index is 185. The lowest BCUT2D eigenvalue weighted by Gasteiger charge is -2.36. The Morgan fingerprint density at radius 1 is 1.38 bits per heavy atom. The Morgan fingerprint density at radius 3 is 2.62 bits per heavy atom. The van der Waals surface area contributed by atoms with Gasteiger partial charge in [0.05, 0.1) is 0 Å². The second-order valence-corrected chi connectivity index (χ2v) is 4.20. The molecular weight excluding hydrogens is 160 g/mol. The van der Waals surface area contributed by atoms with Crippen LogP contribution in [0.2, 0.25) is 0 Å². The lowest BCUT2D eigenvalue weighted by atomic mass is 10.1. The molecule has 1 aliphatic heterocycles. The maximum Gasteiger partial charge on any atom is 0.102 e. The van der Waals surface area contributed by atoms with Gasteiger partial charge in [0.15, 0.2) is 0 Å². The van der Waals surface area contributed by atoms with Crippen molar-refractivity contribution in [1.29, 1.82) is 0 Å². The molecule has 0 fully saturated rings. The largest absolute Gasteiger partial charge is 0.357 e. The summed E-state index contributed by atoms with van der Waals surface area (Å²) in [6.07, 6.45) is 2.44. The van der Waals surface area contributed by atoms with Gasteiger partial charge >= 0.3 is 0 Å². The van der Waals surface area contributed by atoms with Gasteiger partial charge in [-0.25, -0.2) is 0 Å². The molecule has 1 aliphatic rings. The van der Waals surface area contributed by atoms with Crippen molar-refractivity contribution in [2.45, 2.75) is 46.6 Å². The van der Waals surface area contributed by atoms with Crippen molar-refractivity contribution in [1.82, 2.24) is 4.90 Å². The van der Waals surface area contributed by atoms with E-state index in [1.165, 1.54) is 25.2 Å². The van der Waals surface area contributed by atoms with E-state index in [4.69, 9.17) is 0 Å². The fourth-order valence-corrected chi connectivity index (χ4v) is 1.82. The quantitative estimate of drug-likeness (QED) is 0.655. The second-order valence-electron chi connectivity index (χ2n) is 4.20. The summed E-state index contributed by atoms with van der Waals surface area (Å²) in [6.45, 7) is 11.2. The smallest absolute Gasteiger partial charge is 0.102 e. The van der Waals surface area contributed by atoms with Gasteiger partial charge in [-0.2, -0.15) is 0 Å². The molecule has 0 aromatic rings. The van der Waals surface area contributed by atoms with Crippen molar-refractivity contribution in [3.8, 4) is 0 Å². The fraction of sp³-hybridized carbons (Fsp3) is 0.909. The van der Waals surface area contributed by atoms with Crippen LogP contribution in [0.4, 0.5) is 0 Å². The summed E-state index contributed by atoms with van der Waals surface area (Å²) >= 11 is 0. The van der Waals surface area contributed by atoms with E-state index in [0.29, 0.717) is 12.0 Å². The molecule has 2 nitrogen and oxygen atoms in total. The highest BCUT2D eigenvalue weighted by Gasteiger charge is 2.21. The molecule has 1 heterocycles. The maximum atomic E-state index is 4.62. The average molecular weight is 182 g/mol. The minimum atomic E-state index is 0.578. The van der Waals surface area contributed by atoms with Crippen molar-refractivity contribution in [3.63, 3.8) is 0 Å². The lowest BCUT2D eigenvalue weighted by Crippen LogP contribution is -2.44. The lowest BCUT2D eigenvalue weighted by molar-refractivity contribution is 0.294. The standard InChI is InChI=1S/C11H22N2/c1-5-10(4)13-8-6-7-12-11(13)9(2)3/h9-10H,5-8H2,1-4H3/t10-/m1/s1. The SMILES string of the molecule is CC[C@@H](C)N1CCCN=C1C(C)C. The van der Waals surface area contributed by atoms with Crippen LogP contribution in [0.5, 0.6) is 0 Å². The van der Waals surface area contributed by atoms with E-state index in [-0.39, 0.29) is 0 Å². The van der Waals surface area contributed by atoms with Crippen LogP contribution in [0.1, 0.15) is 40.5 Å². The molecule has 1 atom stereocenters. The van der Waals surface area contributed by atoms with Gasteiger partial charge in [0, 0.05) is 25.0 Å². The summed E-state index contributed by atoms with van der Waals surface area (Å²) in [6, 6.07) is 0.654. The molecule has 76 valence electrons. The summed E-state index contributed by atoms with van der Waals surface area (Å²) in [7, 11) is 0. The summed E-state index contributed by atoms with van der Waals surface area (Å²) in [4.78, 5) is 7.10. The average Bonchev–Trinajstić information content (AvgIpc) is 2.16. The number of hydrogen-bond donors (Lipinski definition) is 0. The second kappa shape index (κ2) is 4.64. The molecular formula is C11H22N2. The van der Waals surface area contributed by atoms with Gasteiger partial charge in [0.1, 0.15) is 5.84 Å². The van der Waals surface area contributed by atoms with Crippen molar-refractivity contribution in [2.75, 3.05) is 13.1 Å². The van der Waals surface area contributed by atoms with E-state index in [2.05, 4.69) is 37.6 Å². The minimum absolute atomic E-state index is 0.578. The van der Waals surface area contributed by atoms with Crippen LogP contribution in [0.15, 0.2) is 4.99 Å². The summed E-state index contributed by atoms with van der Waals surface area (Å²) < 4.78 is 0. The van der Waals surface area contributed by atoms with E-state index >= 15 is 0 Å². The zero-order chi connectivity index (χ0) is 9.84. The molecule has 0 aromatic carbocycles. The van der Waals surface area contributed by atoms with Crippen LogP contribution in [0.3, 0.4) is 0 Å². The Hall–Kier alpha value is -0.530. The summed E-state index contributed by atoms with van der Waals surface area (Å²) in [5, 5.41) is 0. The number of aliphatic imine (C=N–C) groups is 1. The molecule has 0 saturated heterocycles. The molecule has 0 radical (unpaired) electrons. The van der Waals surface area contributed by atoms with Gasteiger partial charge in [0.2, 0.25) is 0 Å². The van der Waals surface area contributed by atoms with E-state index in [0.717, 1.165) is 6.54 Å². The molecule has 1 rings (SSSR count). The predicted octanol–water partition coefficient (Wildman–Crippen LogP) is 2.55. The van der Waals surface area contributed by atoms with Crippen LogP contribution < -0.4 is 0 Å². The van der Waals surface area contributed by atoms with Gasteiger partial charge in [-0.05, 0) is 19.8 Å². The summed E-state index contributed by atoms with van der Waals surface area (Å²) in [5.74, 6) is 1.90. The van der Waals surface area contributed by atoms with E-state index < -0.39 is 0 Å². The topological polar surface area (TPSA) is 15.6 Å². The van der Waals surface area contributed by atoms with Gasteiger partial charge in [-0.3, -0.25) is 4.99 Å². The third-order valence-corrected chi connectivity index (χ3v) is 2.76. The highest BCUT2D eigenvalue weighted by Crippen LogP contribution is 2.15. The van der Waals surface area contributed by atoms with Gasteiger partial charge in [0.25, 0.3) is 0 Å². The van der Waals surface area contributed by atoms with Crippen LogP contribution >= 0.6 is 0 Å². The number of amidine groups is 1. The zero-order valence-electron chi connectivity index (χ0n) is 9.38. The van der Waals surface area contributed by atoms with E-state index in [9.17, 15) is 0 Å². The molecule has 13 heavy (non-hydrogen) atoms. The highest BCUT2D eigenvalue weighted by atomic mass is 15.2. The number of hydrogen-bond acceptors (Lipinski definition) is 2. The van der Waals surface area contributed by atoms with Crippen molar-refractivity contribution >= 4 is 5.84 Å². The van der Waals surface area contributed by atoms with Crippen LogP contribution in [-0.2, 0) is 0 Å². The highest BCUT2D eigenvalue weighted by molar-refractivity contribution is 5.84. The first-order valence-corrected chi connectivity index (χ1v) is 5.47. The van der Waals surface area contributed by atoms with Gasteiger partial charge in [-0.15, -0.1) is 0 Å². The summed E-state index contributed by atoms with van der Waals surface area (Å²) in [5.41, 5.74) is 0. The molecule has 0 unspecified atom stereocenters. The molecule has 0 bridgehead atoms. The molecule has 0 amide bonds. The Labute approximate surface area is 82.0 Å². The molecule has 0 aromatic heterocycles. The van der Waals surface area contributed by atoms with Crippen molar-refractivity contribution in [2.24, 2.45) is 10.9 Å². The monoisotopic (exact) mass is 182 g/mol. The fourth-order valence-electron chi connectivity index (χ4n) is 1.82. The van der Waals surface area contributed by atoms with Crippen LogP contribution in [-0.4, -0.2) is 29.9 Å². The van der Waals surface area contributed by atoms with Crippen molar-refractivity contribution < 1.29 is 0 Å². The first-order valence-electron chi connectivity index (χ1n) is 5.47. The first kappa shape index (κ1) is 10.6. The maximum absolute atomic E-state index is 4.62. The normalized spacial score (nSPS) is 20.4. The van der Waals surface area contributed by atoms with Gasteiger partial charge < -0.3 is 4.90 Å². The third-order valence-electron chi connectivity index (χ3n) is 2.76. The van der Waals surface area contributed by atoms with E-state index in [1.54, 1.807) is 0 Å². The minimum Gasteiger partial charge on any atom is -0.357 e. The van der Waals surface area contributed by atoms with Gasteiger partial charge in [-0.1, -0.05) is 20.8 Å². The third kappa shape index (κ3) is 2.45. The predicted molar refractivity (Wildman–Crippen MR) is 58.2 cm³/mol. The van der Waals surface area contributed by atoms with Crippen LogP contribution in [0, 0.1) is 5.92 Å². The Kier molecular flexibility index (Phi) is 3.76. The molecule has 0 aliphatic carbocycles. The Morgan fingerprint density at radius 2 is 2.08 bits per heavy atom. The first-order chi connectivity index (χ1) is 6.16. The van der Waals surface area contributed by atoms with E-state index in [1.807, 2.05) is 0 Å². The molecule has 0 spiro atoms. The number of rotatable bonds is 3. The molecule has 0 N–H and O–H groups in total. The molecule has 2 heteroatoms. The Balaban J connectivity index is 2.70. The van der Waals surface area contributed by atoms with Crippen molar-refractivity contribution in [3.05, 3.63) is 0 Å². The molecule has 0 saturated carbocycles.